The lowest BCUT2D eigenvalue weighted by atomic mass is 10.2. The van der Waals surface area contributed by atoms with Crippen LogP contribution in [0, 0.1) is 11.8 Å². The molecule has 3 N–H and O–H groups in total. The molecule has 108 valence electrons. The summed E-state index contributed by atoms with van der Waals surface area (Å²) in [6, 6.07) is 8.91. The van der Waals surface area contributed by atoms with E-state index in [0.29, 0.717) is 5.56 Å². The van der Waals surface area contributed by atoms with E-state index >= 15 is 0 Å². The van der Waals surface area contributed by atoms with Crippen LogP contribution in [0.4, 0.5) is 5.82 Å². The predicted molar refractivity (Wildman–Crippen MR) is 76.5 cm³/mol. The smallest absolute Gasteiger partial charge is 0.297 e. The summed E-state index contributed by atoms with van der Waals surface area (Å²) >= 11 is 0. The van der Waals surface area contributed by atoms with Crippen molar-refractivity contribution in [2.75, 3.05) is 5.32 Å². The molecule has 0 radical (unpaired) electrons. The molecule has 21 heavy (non-hydrogen) atoms. The Morgan fingerprint density at radius 1 is 1.33 bits per heavy atom. The zero-order valence-corrected chi connectivity index (χ0v) is 11.9. The molecule has 0 unspecified atom stereocenters. The summed E-state index contributed by atoms with van der Waals surface area (Å²) in [5.41, 5.74) is 0.667. The highest BCUT2D eigenvalue weighted by atomic mass is 32.2. The zero-order valence-electron chi connectivity index (χ0n) is 11.1. The first-order valence-corrected chi connectivity index (χ1v) is 7.35. The molecular formula is C13H12N4O3S. The van der Waals surface area contributed by atoms with Crippen molar-refractivity contribution in [3.63, 3.8) is 0 Å². The Morgan fingerprint density at radius 2 is 2.00 bits per heavy atom. The van der Waals surface area contributed by atoms with Crippen LogP contribution in [0.5, 0.6) is 0 Å². The maximum absolute atomic E-state index is 11.7. The van der Waals surface area contributed by atoms with Gasteiger partial charge in [0.1, 0.15) is 4.90 Å². The van der Waals surface area contributed by atoms with Gasteiger partial charge >= 0.3 is 5.91 Å². The quantitative estimate of drug-likeness (QED) is 0.765. The molecule has 0 saturated carbocycles. The van der Waals surface area contributed by atoms with Crippen LogP contribution in [0.3, 0.4) is 0 Å². The maximum Gasteiger partial charge on any atom is 0.301 e. The number of sulfonamides is 1. The number of carbonyl (C=O) groups is 1. The molecule has 0 atom stereocenters. The van der Waals surface area contributed by atoms with Crippen LogP contribution in [0.15, 0.2) is 41.4 Å². The number of aryl methyl sites for hydroxylation is 1. The van der Waals surface area contributed by atoms with Crippen molar-refractivity contribution in [2.24, 2.45) is 12.2 Å². The SMILES string of the molecule is Cn1cc(S(N)(=O)=O)c(NC(=O)C#Cc2ccccc2)n1. The Hall–Kier alpha value is -2.63. The normalized spacial score (nSPS) is 10.6. The lowest BCUT2D eigenvalue weighted by Gasteiger charge is -1.98. The average molecular weight is 304 g/mol. The van der Waals surface area contributed by atoms with E-state index < -0.39 is 15.9 Å². The second-order valence-electron chi connectivity index (χ2n) is 4.13. The molecule has 0 aliphatic carbocycles. The van der Waals surface area contributed by atoms with Crippen LogP contribution in [-0.2, 0) is 21.9 Å². The van der Waals surface area contributed by atoms with Gasteiger partial charge in [0.05, 0.1) is 0 Å². The van der Waals surface area contributed by atoms with Gasteiger partial charge in [-0.2, -0.15) is 5.10 Å². The number of hydrogen-bond acceptors (Lipinski definition) is 4. The highest BCUT2D eigenvalue weighted by Gasteiger charge is 2.19. The first-order chi connectivity index (χ1) is 9.86. The van der Waals surface area contributed by atoms with Gasteiger partial charge in [0.25, 0.3) is 0 Å². The van der Waals surface area contributed by atoms with Crippen molar-refractivity contribution in [1.82, 2.24) is 9.78 Å². The van der Waals surface area contributed by atoms with Gasteiger partial charge in [-0.15, -0.1) is 0 Å². The molecular weight excluding hydrogens is 292 g/mol. The van der Waals surface area contributed by atoms with Crippen LogP contribution in [-0.4, -0.2) is 24.1 Å². The van der Waals surface area contributed by atoms with E-state index in [4.69, 9.17) is 5.14 Å². The molecule has 2 aromatic rings. The van der Waals surface area contributed by atoms with E-state index in [1.54, 1.807) is 24.3 Å². The topological polar surface area (TPSA) is 107 Å². The van der Waals surface area contributed by atoms with Crippen molar-refractivity contribution in [3.8, 4) is 11.8 Å². The minimum atomic E-state index is -3.97. The van der Waals surface area contributed by atoms with E-state index in [9.17, 15) is 13.2 Å². The summed E-state index contributed by atoms with van der Waals surface area (Å²) in [6.07, 6.45) is 1.20. The lowest BCUT2D eigenvalue weighted by molar-refractivity contribution is -0.111. The van der Waals surface area contributed by atoms with Gasteiger partial charge in [0.2, 0.25) is 10.0 Å². The zero-order chi connectivity index (χ0) is 15.5. The Balaban J connectivity index is 2.20. The number of nitrogens with two attached hydrogens (primary N) is 1. The molecule has 8 heteroatoms. The first-order valence-electron chi connectivity index (χ1n) is 5.81. The molecule has 0 aliphatic heterocycles. The molecule has 0 aliphatic rings. The molecule has 0 spiro atoms. The minimum Gasteiger partial charge on any atom is -0.297 e. The van der Waals surface area contributed by atoms with Crippen LogP contribution >= 0.6 is 0 Å². The number of benzene rings is 1. The third-order valence-electron chi connectivity index (χ3n) is 2.43. The fourth-order valence-corrected chi connectivity index (χ4v) is 2.21. The molecule has 0 saturated heterocycles. The lowest BCUT2D eigenvalue weighted by Crippen LogP contribution is -2.16. The predicted octanol–water partition coefficient (Wildman–Crippen LogP) is 0.0577. The van der Waals surface area contributed by atoms with Crippen LogP contribution in [0.25, 0.3) is 0 Å². The van der Waals surface area contributed by atoms with E-state index in [2.05, 4.69) is 22.3 Å². The van der Waals surface area contributed by atoms with Crippen molar-refractivity contribution in [3.05, 3.63) is 42.1 Å². The number of carbonyl (C=O) groups excluding carboxylic acids is 1. The third kappa shape index (κ3) is 3.92. The molecule has 1 aromatic carbocycles. The Bertz CT molecular complexity index is 829. The van der Waals surface area contributed by atoms with Gasteiger partial charge < -0.3 is 0 Å². The van der Waals surface area contributed by atoms with Gasteiger partial charge in [-0.1, -0.05) is 24.1 Å². The number of nitrogens with one attached hydrogen (secondary N) is 1. The fraction of sp³-hybridized carbons (Fsp3) is 0.0769. The number of amides is 1. The number of rotatable bonds is 2. The van der Waals surface area contributed by atoms with E-state index in [0.717, 1.165) is 0 Å². The largest absolute Gasteiger partial charge is 0.301 e. The maximum atomic E-state index is 11.7. The molecule has 7 nitrogen and oxygen atoms in total. The van der Waals surface area contributed by atoms with Gasteiger partial charge in [-0.05, 0) is 12.1 Å². The monoisotopic (exact) mass is 304 g/mol. The van der Waals surface area contributed by atoms with Gasteiger partial charge in [-0.3, -0.25) is 14.8 Å². The molecule has 0 fully saturated rings. The minimum absolute atomic E-state index is 0.146. The molecule has 1 aromatic heterocycles. The summed E-state index contributed by atoms with van der Waals surface area (Å²) in [6.45, 7) is 0. The highest BCUT2D eigenvalue weighted by molar-refractivity contribution is 7.89. The molecule has 2 rings (SSSR count). The Morgan fingerprint density at radius 3 is 2.62 bits per heavy atom. The first kappa shape index (κ1) is 14.8. The van der Waals surface area contributed by atoms with E-state index in [-0.39, 0.29) is 10.7 Å². The Labute approximate surface area is 121 Å². The van der Waals surface area contributed by atoms with Crippen LogP contribution in [0.2, 0.25) is 0 Å². The number of primary sulfonamides is 1. The van der Waals surface area contributed by atoms with Crippen molar-refractivity contribution in [2.45, 2.75) is 4.90 Å². The number of anilines is 1. The van der Waals surface area contributed by atoms with E-state index in [1.807, 2.05) is 6.07 Å². The number of aromatic nitrogens is 2. The summed E-state index contributed by atoms with van der Waals surface area (Å²) in [5, 5.41) is 11.2. The number of hydrogen-bond donors (Lipinski definition) is 2. The standard InChI is InChI=1S/C13H12N4O3S/c1-17-9-11(21(14,19)20)13(16-17)15-12(18)8-7-10-5-3-2-4-6-10/h2-6,9H,1H3,(H2,14,19,20)(H,15,16,18). The second kappa shape index (κ2) is 5.78. The summed E-state index contributed by atoms with van der Waals surface area (Å²) < 4.78 is 24.0. The molecule has 1 heterocycles. The van der Waals surface area contributed by atoms with Gasteiger partial charge in [-0.25, -0.2) is 13.6 Å². The van der Waals surface area contributed by atoms with Crippen molar-refractivity contribution in [1.29, 1.82) is 0 Å². The van der Waals surface area contributed by atoms with Crippen molar-refractivity contribution < 1.29 is 13.2 Å². The van der Waals surface area contributed by atoms with E-state index in [1.165, 1.54) is 17.9 Å². The van der Waals surface area contributed by atoms with Crippen molar-refractivity contribution >= 4 is 21.7 Å². The highest BCUT2D eigenvalue weighted by Crippen LogP contribution is 2.16. The van der Waals surface area contributed by atoms with Crippen LogP contribution < -0.4 is 10.5 Å². The summed E-state index contributed by atoms with van der Waals surface area (Å²) in [5.74, 6) is 4.18. The van der Waals surface area contributed by atoms with Crippen LogP contribution in [0.1, 0.15) is 5.56 Å². The van der Waals surface area contributed by atoms with Gasteiger partial charge in [0, 0.05) is 24.7 Å². The molecule has 0 bridgehead atoms. The summed E-state index contributed by atoms with van der Waals surface area (Å²) in [7, 11) is -2.46. The third-order valence-corrected chi connectivity index (χ3v) is 3.34. The molecule has 1 amide bonds. The Kier molecular flexibility index (Phi) is 4.07. The second-order valence-corrected chi connectivity index (χ2v) is 5.66. The van der Waals surface area contributed by atoms with Gasteiger partial charge in [0.15, 0.2) is 5.82 Å². The fourth-order valence-electron chi connectivity index (χ4n) is 1.55. The average Bonchev–Trinajstić information content (AvgIpc) is 2.78. The number of nitrogens with zero attached hydrogens (tertiary/aromatic N) is 2. The summed E-state index contributed by atoms with van der Waals surface area (Å²) in [4.78, 5) is 11.4.